The van der Waals surface area contributed by atoms with Crippen molar-refractivity contribution in [2.75, 3.05) is 49.4 Å². The molecule has 2 aromatic heterocycles. The second kappa shape index (κ2) is 14.3. The Morgan fingerprint density at radius 3 is 2.62 bits per heavy atom. The Balaban J connectivity index is 1.41. The SMILES string of the molecule is C=CC(=O)Nc1cc(Nc2nccc(C3OCCn4c3cc3ccccc34)n2)c(OC)cc1N(C)CCN(C(=O)OC(C)(C)C)C(C)C. The number of amides is 2. The first-order chi connectivity index (χ1) is 22.9. The summed E-state index contributed by atoms with van der Waals surface area (Å²) in [6.07, 6.45) is 2.15. The lowest BCUT2D eigenvalue weighted by Crippen LogP contribution is -2.44. The molecule has 0 saturated carbocycles. The Morgan fingerprint density at radius 1 is 1.15 bits per heavy atom. The smallest absolute Gasteiger partial charge is 0.410 e. The van der Waals surface area contributed by atoms with Gasteiger partial charge < -0.3 is 39.2 Å². The molecule has 1 unspecified atom stereocenters. The molecule has 0 radical (unpaired) electrons. The molecule has 2 aromatic carbocycles. The van der Waals surface area contributed by atoms with Crippen LogP contribution in [0.3, 0.4) is 0 Å². The number of anilines is 4. The van der Waals surface area contributed by atoms with E-state index in [4.69, 9.17) is 19.2 Å². The van der Waals surface area contributed by atoms with Crippen LogP contribution in [0.5, 0.6) is 5.75 Å². The Morgan fingerprint density at radius 2 is 1.92 bits per heavy atom. The molecule has 1 aliphatic rings. The van der Waals surface area contributed by atoms with Crippen molar-refractivity contribution in [3.63, 3.8) is 0 Å². The molecule has 4 aromatic rings. The number of carbonyl (C=O) groups excluding carboxylic acids is 2. The molecule has 254 valence electrons. The van der Waals surface area contributed by atoms with Crippen molar-refractivity contribution in [1.82, 2.24) is 19.4 Å². The highest BCUT2D eigenvalue weighted by molar-refractivity contribution is 6.02. The Labute approximate surface area is 281 Å². The van der Waals surface area contributed by atoms with Crippen LogP contribution in [0.2, 0.25) is 0 Å². The van der Waals surface area contributed by atoms with Crippen LogP contribution < -0.4 is 20.3 Å². The van der Waals surface area contributed by atoms with E-state index >= 15 is 0 Å². The number of para-hydroxylation sites is 1. The highest BCUT2D eigenvalue weighted by atomic mass is 16.6. The fourth-order valence-corrected chi connectivity index (χ4v) is 5.68. The van der Waals surface area contributed by atoms with Crippen LogP contribution in [0.15, 0.2) is 67.4 Å². The predicted molar refractivity (Wildman–Crippen MR) is 188 cm³/mol. The number of likely N-dealkylation sites (N-methyl/N-ethyl adjacent to an activating group) is 1. The Kier molecular flexibility index (Phi) is 10.2. The first-order valence-electron chi connectivity index (χ1n) is 16.0. The molecule has 12 nitrogen and oxygen atoms in total. The summed E-state index contributed by atoms with van der Waals surface area (Å²) < 4.78 is 19.9. The van der Waals surface area contributed by atoms with Crippen molar-refractivity contribution in [3.05, 3.63) is 78.8 Å². The van der Waals surface area contributed by atoms with Crippen molar-refractivity contribution in [1.29, 1.82) is 0 Å². The van der Waals surface area contributed by atoms with Gasteiger partial charge in [0.15, 0.2) is 0 Å². The second-order valence-corrected chi connectivity index (χ2v) is 12.9. The molecule has 0 fully saturated rings. The Hall–Kier alpha value is -5.10. The van der Waals surface area contributed by atoms with Gasteiger partial charge in [0.2, 0.25) is 11.9 Å². The van der Waals surface area contributed by atoms with Crippen LogP contribution >= 0.6 is 0 Å². The number of fused-ring (bicyclic) bond motifs is 3. The monoisotopic (exact) mass is 655 g/mol. The number of rotatable bonds is 11. The Bertz CT molecular complexity index is 1800. The summed E-state index contributed by atoms with van der Waals surface area (Å²) in [5, 5.41) is 7.34. The fraction of sp³-hybridized carbons (Fsp3) is 0.389. The highest BCUT2D eigenvalue weighted by Gasteiger charge is 2.27. The van der Waals surface area contributed by atoms with Gasteiger partial charge >= 0.3 is 6.09 Å². The predicted octanol–water partition coefficient (Wildman–Crippen LogP) is 6.51. The van der Waals surface area contributed by atoms with Crippen molar-refractivity contribution in [2.45, 2.75) is 58.9 Å². The number of methoxy groups -OCH3 is 1. The van der Waals surface area contributed by atoms with Gasteiger partial charge in [-0.2, -0.15) is 0 Å². The molecule has 3 heterocycles. The number of hydrogen-bond acceptors (Lipinski definition) is 9. The van der Waals surface area contributed by atoms with E-state index in [-0.39, 0.29) is 24.1 Å². The highest BCUT2D eigenvalue weighted by Crippen LogP contribution is 2.39. The molecule has 0 spiro atoms. The van der Waals surface area contributed by atoms with Gasteiger partial charge in [-0.25, -0.2) is 14.8 Å². The maximum atomic E-state index is 12.9. The molecule has 1 aliphatic heterocycles. The molecule has 2 amide bonds. The molecule has 12 heteroatoms. The first kappa shape index (κ1) is 34.2. The van der Waals surface area contributed by atoms with E-state index in [1.54, 1.807) is 24.3 Å². The summed E-state index contributed by atoms with van der Waals surface area (Å²) in [6.45, 7) is 15.2. The third kappa shape index (κ3) is 7.71. The molecular weight excluding hydrogens is 610 g/mol. The molecule has 0 bridgehead atoms. The van der Waals surface area contributed by atoms with Crippen LogP contribution in [0.4, 0.5) is 27.8 Å². The summed E-state index contributed by atoms with van der Waals surface area (Å²) in [5.41, 5.74) is 4.04. The van der Waals surface area contributed by atoms with Crippen LogP contribution in [0.1, 0.15) is 52.1 Å². The van der Waals surface area contributed by atoms with Gasteiger partial charge in [-0.15, -0.1) is 0 Å². The second-order valence-electron chi connectivity index (χ2n) is 12.9. The number of benzene rings is 2. The maximum Gasteiger partial charge on any atom is 0.410 e. The van der Waals surface area contributed by atoms with Crippen molar-refractivity contribution in [3.8, 4) is 5.75 Å². The van der Waals surface area contributed by atoms with Crippen LogP contribution in [0, 0.1) is 0 Å². The van der Waals surface area contributed by atoms with E-state index in [9.17, 15) is 9.59 Å². The zero-order valence-corrected chi connectivity index (χ0v) is 28.7. The third-order valence-electron chi connectivity index (χ3n) is 8.00. The van der Waals surface area contributed by atoms with Gasteiger partial charge in [-0.3, -0.25) is 4.79 Å². The summed E-state index contributed by atoms with van der Waals surface area (Å²) in [5.74, 6) is 0.473. The van der Waals surface area contributed by atoms with Crippen LogP contribution in [-0.4, -0.2) is 76.9 Å². The van der Waals surface area contributed by atoms with E-state index in [1.807, 2.05) is 70.8 Å². The third-order valence-corrected chi connectivity index (χ3v) is 8.00. The largest absolute Gasteiger partial charge is 0.494 e. The van der Waals surface area contributed by atoms with E-state index in [0.29, 0.717) is 54.2 Å². The average molecular weight is 656 g/mol. The molecule has 0 aliphatic carbocycles. The summed E-state index contributed by atoms with van der Waals surface area (Å²) in [6, 6.07) is 15.8. The van der Waals surface area contributed by atoms with Gasteiger partial charge in [-0.05, 0) is 70.3 Å². The van der Waals surface area contributed by atoms with Crippen LogP contribution in [0.25, 0.3) is 10.9 Å². The van der Waals surface area contributed by atoms with E-state index in [1.165, 1.54) is 11.6 Å². The zero-order chi connectivity index (χ0) is 34.6. The van der Waals surface area contributed by atoms with Gasteiger partial charge in [0.25, 0.3) is 0 Å². The van der Waals surface area contributed by atoms with E-state index < -0.39 is 5.60 Å². The van der Waals surface area contributed by atoms with Crippen molar-refractivity contribution in [2.24, 2.45) is 0 Å². The van der Waals surface area contributed by atoms with E-state index in [2.05, 4.69) is 45.0 Å². The van der Waals surface area contributed by atoms with E-state index in [0.717, 1.165) is 17.6 Å². The quantitative estimate of drug-likeness (QED) is 0.174. The fourth-order valence-electron chi connectivity index (χ4n) is 5.68. The molecule has 0 saturated heterocycles. The molecule has 1 atom stereocenters. The number of ether oxygens (including phenoxy) is 3. The molecular formula is C36H45N7O5. The minimum atomic E-state index is -0.610. The van der Waals surface area contributed by atoms with Crippen molar-refractivity contribution >= 4 is 45.9 Å². The number of hydrogen-bond donors (Lipinski definition) is 2. The minimum Gasteiger partial charge on any atom is -0.494 e. The summed E-state index contributed by atoms with van der Waals surface area (Å²) in [4.78, 5) is 38.4. The topological polar surface area (TPSA) is 123 Å². The summed E-state index contributed by atoms with van der Waals surface area (Å²) >= 11 is 0. The molecule has 2 N–H and O–H groups in total. The molecule has 5 rings (SSSR count). The van der Waals surface area contributed by atoms with Crippen molar-refractivity contribution < 1.29 is 23.8 Å². The van der Waals surface area contributed by atoms with Gasteiger partial charge in [-0.1, -0.05) is 24.8 Å². The zero-order valence-electron chi connectivity index (χ0n) is 28.7. The van der Waals surface area contributed by atoms with Gasteiger partial charge in [0, 0.05) is 50.5 Å². The molecule has 48 heavy (non-hydrogen) atoms. The standard InChI is InChI=1S/C36H45N7O5/c1-9-32(44)38-26-21-27(31(46-8)22-29(26)41(7)16-17-42(23(2)3)35(45)48-36(4,5)6)40-34-37-15-14-25(39-34)33-30-20-24-12-10-11-13-28(24)43(30)18-19-47-33/h9-15,20-23,33H,1,16-19H2,2-8H3,(H,38,44)(H,37,39,40). The lowest BCUT2D eigenvalue weighted by atomic mass is 10.1. The number of nitrogens with one attached hydrogen (secondary N) is 2. The maximum absolute atomic E-state index is 12.9. The number of carbonyl (C=O) groups is 2. The summed E-state index contributed by atoms with van der Waals surface area (Å²) in [7, 11) is 3.45. The van der Waals surface area contributed by atoms with Gasteiger partial charge in [0.1, 0.15) is 17.5 Å². The number of aromatic nitrogens is 3. The minimum absolute atomic E-state index is 0.0765. The number of nitrogens with zero attached hydrogens (tertiary/aromatic N) is 5. The normalized spacial score (nSPS) is 14.3. The first-order valence-corrected chi connectivity index (χ1v) is 16.0. The lowest BCUT2D eigenvalue weighted by molar-refractivity contribution is -0.111. The average Bonchev–Trinajstić information content (AvgIpc) is 3.43. The van der Waals surface area contributed by atoms with Crippen LogP contribution in [-0.2, 0) is 20.8 Å². The van der Waals surface area contributed by atoms with Gasteiger partial charge in [0.05, 0.1) is 42.2 Å². The lowest BCUT2D eigenvalue weighted by Gasteiger charge is -2.32.